The Kier molecular flexibility index (Phi) is 3.11. The summed E-state index contributed by atoms with van der Waals surface area (Å²) in [5, 5.41) is 0. The summed E-state index contributed by atoms with van der Waals surface area (Å²) in [6.45, 7) is 4.46. The number of benzene rings is 1. The molecule has 0 bridgehead atoms. The maximum atomic E-state index is 2.40. The van der Waals surface area contributed by atoms with Crippen LogP contribution >= 0.6 is 0 Å². The first-order valence-electron chi connectivity index (χ1n) is 4.90. The summed E-state index contributed by atoms with van der Waals surface area (Å²) >= 11 is 0.0545. The second kappa shape index (κ2) is 4.34. The summed E-state index contributed by atoms with van der Waals surface area (Å²) in [4.78, 5) is 0. The fourth-order valence-corrected chi connectivity index (χ4v) is 3.39. The second-order valence-corrected chi connectivity index (χ2v) is 6.02. The average molecular weight is 298 g/mol. The molecule has 14 heavy (non-hydrogen) atoms. The van der Waals surface area contributed by atoms with E-state index in [1.54, 1.807) is 0 Å². The maximum absolute atomic E-state index is 2.40. The predicted octanol–water partition coefficient (Wildman–Crippen LogP) is 3.53. The van der Waals surface area contributed by atoms with E-state index in [1.165, 1.54) is 16.7 Å². The molecule has 0 amide bonds. The Labute approximate surface area is 95.2 Å². The van der Waals surface area contributed by atoms with Crippen molar-refractivity contribution in [3.8, 4) is 11.1 Å². The average Bonchev–Trinajstić information content (AvgIpc) is 2.71. The molecule has 1 heterocycles. The van der Waals surface area contributed by atoms with Crippen LogP contribution in [-0.2, 0) is 0 Å². The van der Waals surface area contributed by atoms with Crippen molar-refractivity contribution >= 4 is 20.4 Å². The molecule has 2 rings (SSSR count). The van der Waals surface area contributed by atoms with E-state index < -0.39 is 0 Å². The Morgan fingerprint density at radius 1 is 0.929 bits per heavy atom. The van der Waals surface area contributed by atoms with Gasteiger partial charge in [-0.15, -0.1) is 0 Å². The van der Waals surface area contributed by atoms with Gasteiger partial charge >= 0.3 is 95.4 Å². The van der Waals surface area contributed by atoms with E-state index in [9.17, 15) is 0 Å². The molecule has 0 spiro atoms. The summed E-state index contributed by atoms with van der Waals surface area (Å²) in [6, 6.07) is 11.2. The van der Waals surface area contributed by atoms with Crippen molar-refractivity contribution in [1.82, 2.24) is 0 Å². The van der Waals surface area contributed by atoms with Gasteiger partial charge in [-0.25, -0.2) is 0 Å². The van der Waals surface area contributed by atoms with Crippen LogP contribution in [0.4, 0.5) is 0 Å². The first kappa shape index (κ1) is 10.0. The Balaban J connectivity index is 2.31. The molecular weight excluding hydrogens is 284 g/mol. The molecule has 1 heteroatoms. The molecule has 1 aromatic carbocycles. The fraction of sp³-hybridized carbons (Fsp3) is 0.231. The van der Waals surface area contributed by atoms with E-state index in [0.29, 0.717) is 5.92 Å². The molecule has 1 aromatic heterocycles. The van der Waals surface area contributed by atoms with Crippen LogP contribution in [-0.4, -0.2) is 20.4 Å². The van der Waals surface area contributed by atoms with Crippen molar-refractivity contribution in [2.75, 3.05) is 0 Å². The van der Waals surface area contributed by atoms with E-state index >= 15 is 0 Å². The van der Waals surface area contributed by atoms with Crippen LogP contribution in [0.3, 0.4) is 0 Å². The summed E-state index contributed by atoms with van der Waals surface area (Å²) in [5.74, 6) is 0.630. The van der Waals surface area contributed by atoms with Gasteiger partial charge in [-0.3, -0.25) is 0 Å². The third kappa shape index (κ3) is 2.11. The molecule has 0 saturated carbocycles. The van der Waals surface area contributed by atoms with Crippen LogP contribution in [0.15, 0.2) is 38.5 Å². The zero-order valence-electron chi connectivity index (χ0n) is 8.53. The Morgan fingerprint density at radius 3 is 2.14 bits per heavy atom. The molecule has 72 valence electrons. The molecule has 0 N–H and O–H groups in total. The Hall–Kier alpha value is -0.510. The summed E-state index contributed by atoms with van der Waals surface area (Å²) in [7, 11) is 0. The quantitative estimate of drug-likeness (QED) is 0.744. The van der Waals surface area contributed by atoms with E-state index in [-0.39, 0.29) is 20.4 Å². The van der Waals surface area contributed by atoms with Gasteiger partial charge < -0.3 is 0 Å². The minimum absolute atomic E-state index is 0.0545. The second-order valence-electron chi connectivity index (χ2n) is 3.79. The zero-order chi connectivity index (χ0) is 9.97. The van der Waals surface area contributed by atoms with Crippen LogP contribution < -0.4 is 0 Å². The van der Waals surface area contributed by atoms with E-state index in [4.69, 9.17) is 0 Å². The Bertz CT molecular complexity index is 382. The van der Waals surface area contributed by atoms with Crippen molar-refractivity contribution < 1.29 is 0 Å². The summed E-state index contributed by atoms with van der Waals surface area (Å²) < 4.78 is 4.73. The van der Waals surface area contributed by atoms with Crippen LogP contribution in [0.2, 0.25) is 0 Å². The first-order valence-corrected chi connectivity index (χ1v) is 7.59. The fourth-order valence-electron chi connectivity index (χ4n) is 1.49. The van der Waals surface area contributed by atoms with Gasteiger partial charge in [-0.05, 0) is 0 Å². The monoisotopic (exact) mass is 300 g/mol. The van der Waals surface area contributed by atoms with Crippen molar-refractivity contribution in [1.29, 1.82) is 0 Å². The molecule has 0 fully saturated rings. The van der Waals surface area contributed by atoms with Crippen LogP contribution in [0.5, 0.6) is 0 Å². The molecule has 0 atom stereocenters. The summed E-state index contributed by atoms with van der Waals surface area (Å²) in [5.41, 5.74) is 4.21. The van der Waals surface area contributed by atoms with Crippen molar-refractivity contribution in [2.45, 2.75) is 19.8 Å². The van der Waals surface area contributed by atoms with Crippen molar-refractivity contribution in [3.63, 3.8) is 0 Å². The van der Waals surface area contributed by atoms with E-state index in [1.807, 2.05) is 0 Å². The predicted molar refractivity (Wildman–Crippen MR) is 62.9 cm³/mol. The number of rotatable bonds is 2. The number of hydrogen-bond acceptors (Lipinski definition) is 0. The molecule has 0 aliphatic rings. The molecule has 0 aliphatic heterocycles. The molecule has 0 nitrogen and oxygen atoms in total. The molecule has 0 radical (unpaired) electrons. The van der Waals surface area contributed by atoms with Gasteiger partial charge in [0.05, 0.1) is 0 Å². The van der Waals surface area contributed by atoms with E-state index in [0.717, 1.165) is 0 Å². The van der Waals surface area contributed by atoms with Crippen molar-refractivity contribution in [2.24, 2.45) is 0 Å². The van der Waals surface area contributed by atoms with Gasteiger partial charge in [0.25, 0.3) is 0 Å². The van der Waals surface area contributed by atoms with Crippen molar-refractivity contribution in [3.05, 3.63) is 44.1 Å². The summed E-state index contributed by atoms with van der Waals surface area (Å²) in [6.07, 6.45) is 0. The molecular formula is C13H14Te. The molecule has 0 saturated heterocycles. The van der Waals surface area contributed by atoms with Gasteiger partial charge in [0.2, 0.25) is 0 Å². The van der Waals surface area contributed by atoms with Crippen LogP contribution in [0, 0.1) is 0 Å². The van der Waals surface area contributed by atoms with Gasteiger partial charge in [-0.1, -0.05) is 0 Å². The standard InChI is InChI=1S/C13H14Te/c1-10(2)11-3-5-12(6-4-11)13-7-8-14-9-13/h3-10H,1-2H3. The number of hydrogen-bond donors (Lipinski definition) is 0. The SMILES string of the molecule is CC(C)c1ccc(-c2cc[te]c2)cc1. The van der Waals surface area contributed by atoms with Gasteiger partial charge in [-0.2, -0.15) is 0 Å². The third-order valence-electron chi connectivity index (χ3n) is 2.43. The molecule has 2 aromatic rings. The van der Waals surface area contributed by atoms with E-state index in [2.05, 4.69) is 52.3 Å². The van der Waals surface area contributed by atoms with Gasteiger partial charge in [0.1, 0.15) is 0 Å². The topological polar surface area (TPSA) is 0 Å². The Morgan fingerprint density at radius 2 is 1.64 bits per heavy atom. The normalized spacial score (nSPS) is 10.8. The molecule has 0 unspecified atom stereocenters. The van der Waals surface area contributed by atoms with Crippen LogP contribution in [0.25, 0.3) is 11.1 Å². The van der Waals surface area contributed by atoms with Crippen LogP contribution in [0.1, 0.15) is 25.3 Å². The van der Waals surface area contributed by atoms with Gasteiger partial charge in [0, 0.05) is 0 Å². The van der Waals surface area contributed by atoms with Gasteiger partial charge in [0.15, 0.2) is 0 Å². The first-order chi connectivity index (χ1) is 6.77. The zero-order valence-corrected chi connectivity index (χ0v) is 10.9. The minimum atomic E-state index is 0.0545. The molecule has 0 aliphatic carbocycles. The third-order valence-corrected chi connectivity index (χ3v) is 4.38.